The topological polar surface area (TPSA) is 119 Å². The lowest BCUT2D eigenvalue weighted by atomic mass is 9.94. The van der Waals surface area contributed by atoms with Crippen LogP contribution < -0.4 is 11.1 Å². The molecule has 0 bridgehead atoms. The molecule has 1 atom stereocenters. The van der Waals surface area contributed by atoms with Gasteiger partial charge >= 0.3 is 12.4 Å². The van der Waals surface area contributed by atoms with E-state index < -0.39 is 46.3 Å². The Kier molecular flexibility index (Phi) is 7.94. The highest BCUT2D eigenvalue weighted by Gasteiger charge is 2.37. The fourth-order valence-electron chi connectivity index (χ4n) is 5.11. The Morgan fingerprint density at radius 2 is 1.77 bits per heavy atom. The maximum atomic E-state index is 14.5. The van der Waals surface area contributed by atoms with Crippen molar-refractivity contribution < 1.29 is 35.9 Å². The lowest BCUT2D eigenvalue weighted by Crippen LogP contribution is -2.38. The molecule has 9 nitrogen and oxygen atoms in total. The fraction of sp³-hybridized carbons (Fsp3) is 0.276. The van der Waals surface area contributed by atoms with E-state index in [1.165, 1.54) is 10.6 Å². The Morgan fingerprint density at radius 1 is 1.02 bits per heavy atom. The molecule has 4 heterocycles. The standard InChI is InChI=1S/C29H23F6N7O2/c1-2-4-23(43)41-12-3-5-17(15-41)24-21-9-11-38-27(36)42(21)25(40-24)19-7-6-16(13-20(19)29(33,34)35)26(44)39-22-14-18(8-10-37-22)28(30,31)32/h6-11,13-14,17H,3,5,12,15H2,1H3,(H2,36,38)(H,37,39,44). The molecule has 228 valence electrons. The number of fused-ring (bicyclic) bond motifs is 1. The van der Waals surface area contributed by atoms with E-state index in [1.54, 1.807) is 17.9 Å². The van der Waals surface area contributed by atoms with E-state index in [1.807, 2.05) is 0 Å². The maximum Gasteiger partial charge on any atom is 0.417 e. The molecule has 0 saturated carbocycles. The lowest BCUT2D eigenvalue weighted by Gasteiger charge is -2.30. The monoisotopic (exact) mass is 615 g/mol. The van der Waals surface area contributed by atoms with Crippen molar-refractivity contribution in [3.8, 4) is 23.2 Å². The summed E-state index contributed by atoms with van der Waals surface area (Å²) in [6.07, 6.45) is -6.25. The van der Waals surface area contributed by atoms with Crippen molar-refractivity contribution in [1.82, 2.24) is 24.3 Å². The number of nitrogens with two attached hydrogens (primary N) is 1. The summed E-state index contributed by atoms with van der Waals surface area (Å²) in [5.41, 5.74) is 3.72. The van der Waals surface area contributed by atoms with Gasteiger partial charge in [-0.2, -0.15) is 26.3 Å². The Bertz CT molecular complexity index is 1820. The number of carbonyl (C=O) groups excluding carboxylic acids is 2. The van der Waals surface area contributed by atoms with Crippen LogP contribution in [-0.2, 0) is 17.1 Å². The normalized spacial score (nSPS) is 15.5. The van der Waals surface area contributed by atoms with Gasteiger partial charge in [0.1, 0.15) is 11.6 Å². The first kappa shape index (κ1) is 30.3. The number of nitrogen functional groups attached to an aromatic ring is 1. The molecule has 1 aliphatic rings. The van der Waals surface area contributed by atoms with Gasteiger partial charge in [0.05, 0.1) is 22.3 Å². The van der Waals surface area contributed by atoms with Gasteiger partial charge in [-0.25, -0.2) is 15.0 Å². The molecule has 44 heavy (non-hydrogen) atoms. The number of amides is 2. The van der Waals surface area contributed by atoms with Crippen LogP contribution in [0.2, 0.25) is 0 Å². The Hall–Kier alpha value is -5.13. The molecule has 3 N–H and O–H groups in total. The number of alkyl halides is 6. The third-order valence-electron chi connectivity index (χ3n) is 7.09. The summed E-state index contributed by atoms with van der Waals surface area (Å²) in [4.78, 5) is 39.1. The number of likely N-dealkylation sites (tertiary alicyclic amines) is 1. The number of aromatic nitrogens is 4. The van der Waals surface area contributed by atoms with Gasteiger partial charge in [-0.1, -0.05) is 5.92 Å². The van der Waals surface area contributed by atoms with E-state index in [0.29, 0.717) is 48.8 Å². The molecule has 4 aromatic rings. The first-order valence-corrected chi connectivity index (χ1v) is 13.2. The Balaban J connectivity index is 1.56. The number of anilines is 2. The van der Waals surface area contributed by atoms with Crippen molar-refractivity contribution >= 4 is 29.1 Å². The van der Waals surface area contributed by atoms with Crippen LogP contribution in [0.1, 0.15) is 52.9 Å². The molecule has 15 heteroatoms. The van der Waals surface area contributed by atoms with Gasteiger partial charge in [-0.15, -0.1) is 0 Å². The number of nitrogens with zero attached hydrogens (tertiary/aromatic N) is 5. The summed E-state index contributed by atoms with van der Waals surface area (Å²) in [5, 5.41) is 2.11. The highest BCUT2D eigenvalue weighted by Crippen LogP contribution is 2.40. The number of hydrogen-bond donors (Lipinski definition) is 2. The number of halogens is 6. The van der Waals surface area contributed by atoms with Crippen LogP contribution in [0.4, 0.5) is 38.1 Å². The van der Waals surface area contributed by atoms with Crippen LogP contribution in [0.3, 0.4) is 0 Å². The van der Waals surface area contributed by atoms with E-state index in [2.05, 4.69) is 32.1 Å². The SMILES string of the molecule is CC#CC(=O)N1CCCC(c2nc(-c3ccc(C(=O)Nc4cc(C(F)(F)F)ccn4)cc3C(F)(F)F)n3c(N)nccc23)C1. The summed E-state index contributed by atoms with van der Waals surface area (Å²) in [6.45, 7) is 2.26. The number of pyridine rings is 1. The van der Waals surface area contributed by atoms with E-state index >= 15 is 0 Å². The number of carbonyl (C=O) groups is 2. The average molecular weight is 616 g/mol. The Morgan fingerprint density at radius 3 is 2.48 bits per heavy atom. The third kappa shape index (κ3) is 6.01. The van der Waals surface area contributed by atoms with E-state index in [4.69, 9.17) is 5.73 Å². The highest BCUT2D eigenvalue weighted by atomic mass is 19.4. The summed E-state index contributed by atoms with van der Waals surface area (Å²) in [7, 11) is 0. The molecule has 1 aromatic carbocycles. The lowest BCUT2D eigenvalue weighted by molar-refractivity contribution is -0.138. The summed E-state index contributed by atoms with van der Waals surface area (Å²) < 4.78 is 83.8. The molecule has 5 rings (SSSR count). The predicted molar refractivity (Wildman–Crippen MR) is 147 cm³/mol. The zero-order valence-corrected chi connectivity index (χ0v) is 22.9. The van der Waals surface area contributed by atoms with Crippen molar-refractivity contribution in [3.05, 3.63) is 71.2 Å². The van der Waals surface area contributed by atoms with Crippen molar-refractivity contribution in [2.45, 2.75) is 38.0 Å². The number of rotatable bonds is 4. The summed E-state index contributed by atoms with van der Waals surface area (Å²) in [6, 6.07) is 5.53. The molecule has 1 saturated heterocycles. The van der Waals surface area contributed by atoms with Crippen molar-refractivity contribution in [1.29, 1.82) is 0 Å². The largest absolute Gasteiger partial charge is 0.417 e. The number of imidazole rings is 1. The molecule has 0 radical (unpaired) electrons. The minimum absolute atomic E-state index is 0.137. The predicted octanol–water partition coefficient (Wildman–Crippen LogP) is 5.39. The van der Waals surface area contributed by atoms with Gasteiger partial charge in [0.15, 0.2) is 0 Å². The quantitative estimate of drug-likeness (QED) is 0.235. The number of nitrogens with one attached hydrogen (secondary N) is 1. The van der Waals surface area contributed by atoms with Crippen LogP contribution in [0.15, 0.2) is 48.8 Å². The zero-order valence-electron chi connectivity index (χ0n) is 22.9. The van der Waals surface area contributed by atoms with E-state index in [9.17, 15) is 35.9 Å². The second kappa shape index (κ2) is 11.5. The van der Waals surface area contributed by atoms with E-state index in [-0.39, 0.29) is 30.1 Å². The molecule has 0 aliphatic carbocycles. The number of benzene rings is 1. The van der Waals surface area contributed by atoms with Gasteiger partial charge < -0.3 is 16.0 Å². The third-order valence-corrected chi connectivity index (χ3v) is 7.09. The smallest absolute Gasteiger partial charge is 0.369 e. The second-order valence-electron chi connectivity index (χ2n) is 9.95. The maximum absolute atomic E-state index is 14.5. The number of hydrogen-bond acceptors (Lipinski definition) is 6. The van der Waals surface area contributed by atoms with Gasteiger partial charge in [0.2, 0.25) is 5.95 Å². The van der Waals surface area contributed by atoms with Crippen molar-refractivity contribution in [2.75, 3.05) is 24.1 Å². The first-order chi connectivity index (χ1) is 20.8. The molecular formula is C29H23F6N7O2. The second-order valence-corrected chi connectivity index (χ2v) is 9.95. The van der Waals surface area contributed by atoms with Crippen LogP contribution in [0.5, 0.6) is 0 Å². The van der Waals surface area contributed by atoms with Gasteiger partial charge in [0.25, 0.3) is 11.8 Å². The molecule has 0 spiro atoms. The number of piperidine rings is 1. The molecule has 2 amide bonds. The molecule has 1 aliphatic heterocycles. The van der Waals surface area contributed by atoms with Gasteiger partial charge in [-0.05, 0) is 62.1 Å². The van der Waals surface area contributed by atoms with Crippen LogP contribution in [0, 0.1) is 11.8 Å². The van der Waals surface area contributed by atoms with E-state index in [0.717, 1.165) is 18.3 Å². The highest BCUT2D eigenvalue weighted by molar-refractivity contribution is 6.04. The summed E-state index contributed by atoms with van der Waals surface area (Å²) in [5.74, 6) is 2.45. The van der Waals surface area contributed by atoms with Crippen LogP contribution >= 0.6 is 0 Å². The van der Waals surface area contributed by atoms with Crippen molar-refractivity contribution in [3.63, 3.8) is 0 Å². The molecular weight excluding hydrogens is 592 g/mol. The van der Waals surface area contributed by atoms with Crippen LogP contribution in [0.25, 0.3) is 16.9 Å². The minimum atomic E-state index is -4.98. The Labute approximate surface area is 246 Å². The van der Waals surface area contributed by atoms with Crippen molar-refractivity contribution in [2.24, 2.45) is 0 Å². The van der Waals surface area contributed by atoms with Gasteiger partial charge in [-0.3, -0.25) is 14.0 Å². The summed E-state index contributed by atoms with van der Waals surface area (Å²) >= 11 is 0. The molecule has 1 unspecified atom stereocenters. The van der Waals surface area contributed by atoms with Gasteiger partial charge in [0, 0.05) is 42.5 Å². The zero-order chi connectivity index (χ0) is 31.8. The average Bonchev–Trinajstić information content (AvgIpc) is 3.37. The molecule has 3 aromatic heterocycles. The minimum Gasteiger partial charge on any atom is -0.369 e. The fourth-order valence-corrected chi connectivity index (χ4v) is 5.11. The first-order valence-electron chi connectivity index (χ1n) is 13.2. The molecule has 1 fully saturated rings. The van der Waals surface area contributed by atoms with Crippen LogP contribution in [-0.4, -0.2) is 49.2 Å².